The summed E-state index contributed by atoms with van der Waals surface area (Å²) in [4.78, 5) is 20.9. The van der Waals surface area contributed by atoms with Crippen LogP contribution in [0.2, 0.25) is 0 Å². The molecule has 19 heavy (non-hydrogen) atoms. The van der Waals surface area contributed by atoms with Crippen LogP contribution in [0.4, 0.5) is 0 Å². The van der Waals surface area contributed by atoms with Crippen molar-refractivity contribution >= 4 is 11.9 Å². The summed E-state index contributed by atoms with van der Waals surface area (Å²) in [5.41, 5.74) is 0. The molecule has 0 aromatic carbocycles. The van der Waals surface area contributed by atoms with Crippen LogP contribution in [-0.2, 0) is 28.5 Å². The highest BCUT2D eigenvalue weighted by Crippen LogP contribution is 1.87. The van der Waals surface area contributed by atoms with E-state index in [1.807, 2.05) is 0 Å². The second-order valence-corrected chi connectivity index (χ2v) is 3.35. The van der Waals surface area contributed by atoms with Gasteiger partial charge in [-0.05, 0) is 0 Å². The van der Waals surface area contributed by atoms with Gasteiger partial charge < -0.3 is 29.2 Å². The maximum absolute atomic E-state index is 10.8. The zero-order valence-electron chi connectivity index (χ0n) is 10.7. The molecule has 112 valence electrons. The molecular formula is C11H20O8. The fourth-order valence-corrected chi connectivity index (χ4v) is 0.995. The number of aliphatic hydroxyl groups is 1. The van der Waals surface area contributed by atoms with E-state index < -0.39 is 18.4 Å². The number of ether oxygens (including phenoxy) is 4. The minimum absolute atomic E-state index is 0.0102. The van der Waals surface area contributed by atoms with Crippen LogP contribution < -0.4 is 0 Å². The lowest BCUT2D eigenvalue weighted by Gasteiger charge is -2.06. The van der Waals surface area contributed by atoms with Gasteiger partial charge in [-0.1, -0.05) is 0 Å². The van der Waals surface area contributed by atoms with E-state index in [9.17, 15) is 9.59 Å². The first-order chi connectivity index (χ1) is 9.16. The molecule has 0 radical (unpaired) electrons. The summed E-state index contributed by atoms with van der Waals surface area (Å²) in [6.45, 7) is 2.04. The Labute approximate surface area is 111 Å². The number of carboxylic acid groups (broad SMARTS) is 1. The molecule has 0 aromatic rings. The highest BCUT2D eigenvalue weighted by molar-refractivity contribution is 5.90. The van der Waals surface area contributed by atoms with E-state index in [2.05, 4.69) is 4.74 Å². The van der Waals surface area contributed by atoms with Crippen molar-refractivity contribution in [2.24, 2.45) is 0 Å². The molecule has 0 aromatic heterocycles. The Morgan fingerprint density at radius 2 is 1.26 bits per heavy atom. The molecule has 0 amide bonds. The fourth-order valence-electron chi connectivity index (χ4n) is 0.995. The van der Waals surface area contributed by atoms with Crippen LogP contribution in [0.5, 0.6) is 0 Å². The van der Waals surface area contributed by atoms with E-state index in [1.165, 1.54) is 0 Å². The molecule has 0 saturated carbocycles. The van der Waals surface area contributed by atoms with Gasteiger partial charge in [0.05, 0.1) is 46.2 Å². The van der Waals surface area contributed by atoms with E-state index >= 15 is 0 Å². The number of carbonyl (C=O) groups is 2. The van der Waals surface area contributed by atoms with Crippen LogP contribution in [0.1, 0.15) is 6.42 Å². The van der Waals surface area contributed by atoms with Gasteiger partial charge in [-0.2, -0.15) is 0 Å². The largest absolute Gasteiger partial charge is 0.481 e. The molecule has 0 aliphatic carbocycles. The number of aliphatic hydroxyl groups excluding tert-OH is 1. The van der Waals surface area contributed by atoms with Crippen molar-refractivity contribution in [2.45, 2.75) is 6.42 Å². The number of aliphatic carboxylic acids is 1. The molecule has 0 heterocycles. The predicted octanol–water partition coefficient (Wildman–Crippen LogP) is -0.954. The highest BCUT2D eigenvalue weighted by atomic mass is 16.6. The van der Waals surface area contributed by atoms with Gasteiger partial charge in [0, 0.05) is 0 Å². The summed E-state index contributed by atoms with van der Waals surface area (Å²) in [7, 11) is 0. The van der Waals surface area contributed by atoms with E-state index in [0.717, 1.165) is 0 Å². The summed E-state index contributed by atoms with van der Waals surface area (Å²) in [6, 6.07) is 0. The molecule has 0 aliphatic rings. The molecule has 8 heteroatoms. The number of hydrogen-bond acceptors (Lipinski definition) is 7. The summed E-state index contributed by atoms with van der Waals surface area (Å²) in [5.74, 6) is -2.00. The first-order valence-electron chi connectivity index (χ1n) is 5.88. The van der Waals surface area contributed by atoms with Crippen molar-refractivity contribution in [1.82, 2.24) is 0 Å². The van der Waals surface area contributed by atoms with Crippen molar-refractivity contribution in [3.8, 4) is 0 Å². The Hall–Kier alpha value is -1.22. The van der Waals surface area contributed by atoms with Crippen molar-refractivity contribution in [2.75, 3.05) is 52.9 Å². The molecule has 0 saturated heterocycles. The van der Waals surface area contributed by atoms with Crippen LogP contribution in [-0.4, -0.2) is 75.0 Å². The second-order valence-electron chi connectivity index (χ2n) is 3.35. The third kappa shape index (κ3) is 14.7. The lowest BCUT2D eigenvalue weighted by atomic mass is 10.4. The summed E-state index contributed by atoms with van der Waals surface area (Å²) >= 11 is 0. The van der Waals surface area contributed by atoms with E-state index in [0.29, 0.717) is 33.0 Å². The molecule has 8 nitrogen and oxygen atoms in total. The smallest absolute Gasteiger partial charge is 0.317 e. The summed E-state index contributed by atoms with van der Waals surface area (Å²) in [5, 5.41) is 16.7. The molecule has 0 fully saturated rings. The van der Waals surface area contributed by atoms with Gasteiger partial charge >= 0.3 is 11.9 Å². The molecule has 2 N–H and O–H groups in total. The minimum Gasteiger partial charge on any atom is -0.481 e. The van der Waals surface area contributed by atoms with E-state index in [1.54, 1.807) is 0 Å². The number of carboxylic acids is 1. The summed E-state index contributed by atoms with van der Waals surface area (Å²) < 4.78 is 19.8. The first-order valence-corrected chi connectivity index (χ1v) is 5.88. The molecule has 0 spiro atoms. The highest BCUT2D eigenvalue weighted by Gasteiger charge is 2.07. The van der Waals surface area contributed by atoms with Crippen LogP contribution in [0.15, 0.2) is 0 Å². The average molecular weight is 280 g/mol. The Morgan fingerprint density at radius 3 is 1.74 bits per heavy atom. The molecule has 0 unspecified atom stereocenters. The van der Waals surface area contributed by atoms with Crippen LogP contribution in [0, 0.1) is 0 Å². The lowest BCUT2D eigenvalue weighted by molar-refractivity contribution is -0.152. The van der Waals surface area contributed by atoms with Crippen molar-refractivity contribution in [3.05, 3.63) is 0 Å². The van der Waals surface area contributed by atoms with Crippen molar-refractivity contribution in [3.63, 3.8) is 0 Å². The van der Waals surface area contributed by atoms with Gasteiger partial charge in [0.15, 0.2) is 0 Å². The third-order valence-corrected chi connectivity index (χ3v) is 1.77. The minimum atomic E-state index is -1.22. The second kappa shape index (κ2) is 13.2. The van der Waals surface area contributed by atoms with Gasteiger partial charge in [0.25, 0.3) is 0 Å². The van der Waals surface area contributed by atoms with E-state index in [-0.39, 0.29) is 19.8 Å². The first kappa shape index (κ1) is 17.8. The van der Waals surface area contributed by atoms with Gasteiger partial charge in [-0.15, -0.1) is 0 Å². The molecule has 0 atom stereocenters. The predicted molar refractivity (Wildman–Crippen MR) is 62.8 cm³/mol. The Balaban J connectivity index is 3.10. The normalized spacial score (nSPS) is 10.4. The standard InChI is InChI=1S/C11H20O8/c12-1-2-16-3-4-17-5-6-18-7-8-19-11(15)9-10(13)14/h12H,1-9H2,(H,13,14). The van der Waals surface area contributed by atoms with Gasteiger partial charge in [0.1, 0.15) is 13.0 Å². The topological polar surface area (TPSA) is 112 Å². The molecular weight excluding hydrogens is 260 g/mol. The maximum atomic E-state index is 10.8. The molecule has 0 rings (SSSR count). The number of hydrogen-bond donors (Lipinski definition) is 2. The van der Waals surface area contributed by atoms with Gasteiger partial charge in [-0.3, -0.25) is 9.59 Å². The van der Waals surface area contributed by atoms with Crippen molar-refractivity contribution < 1.29 is 38.7 Å². The monoisotopic (exact) mass is 280 g/mol. The Bertz CT molecular complexity index is 243. The van der Waals surface area contributed by atoms with Gasteiger partial charge in [-0.25, -0.2) is 0 Å². The zero-order chi connectivity index (χ0) is 14.3. The van der Waals surface area contributed by atoms with Crippen LogP contribution >= 0.6 is 0 Å². The maximum Gasteiger partial charge on any atom is 0.317 e. The van der Waals surface area contributed by atoms with Gasteiger partial charge in [0.2, 0.25) is 0 Å². The molecule has 0 bridgehead atoms. The Morgan fingerprint density at radius 1 is 0.789 bits per heavy atom. The number of carbonyl (C=O) groups excluding carboxylic acids is 1. The third-order valence-electron chi connectivity index (χ3n) is 1.77. The number of esters is 1. The Kier molecular flexibility index (Phi) is 12.4. The fraction of sp³-hybridized carbons (Fsp3) is 0.818. The van der Waals surface area contributed by atoms with E-state index in [4.69, 9.17) is 24.4 Å². The zero-order valence-corrected chi connectivity index (χ0v) is 10.7. The SMILES string of the molecule is O=C(O)CC(=O)OCCOCCOCCOCCO. The number of rotatable bonds is 13. The van der Waals surface area contributed by atoms with Crippen LogP contribution in [0.3, 0.4) is 0 Å². The summed E-state index contributed by atoms with van der Waals surface area (Å²) in [6.07, 6.45) is -0.642. The quantitative estimate of drug-likeness (QED) is 0.252. The lowest BCUT2D eigenvalue weighted by Crippen LogP contribution is -2.15. The van der Waals surface area contributed by atoms with Crippen molar-refractivity contribution in [1.29, 1.82) is 0 Å². The van der Waals surface area contributed by atoms with Crippen LogP contribution in [0.25, 0.3) is 0 Å². The molecule has 0 aliphatic heterocycles. The average Bonchev–Trinajstić information content (AvgIpc) is 2.35.